The molecule has 1 aromatic rings. The number of halogens is 1. The third-order valence-corrected chi connectivity index (χ3v) is 4.14. The number of carbonyl (C=O) groups excluding carboxylic acids is 1. The van der Waals surface area contributed by atoms with E-state index in [1.54, 1.807) is 13.2 Å². The Morgan fingerprint density at radius 3 is 2.64 bits per heavy atom. The third kappa shape index (κ3) is 6.50. The fraction of sp³-hybridized carbons (Fsp3) is 0.500. The van der Waals surface area contributed by atoms with Crippen molar-refractivity contribution >= 4 is 15.9 Å². The number of sulfonamides is 1. The highest BCUT2D eigenvalue weighted by Gasteiger charge is 2.21. The lowest BCUT2D eigenvalue weighted by molar-refractivity contribution is -0.121. The summed E-state index contributed by atoms with van der Waals surface area (Å²) in [5.41, 5.74) is 0.222. The summed E-state index contributed by atoms with van der Waals surface area (Å²) < 4.78 is 42.9. The molecule has 0 bridgehead atoms. The molecule has 22 heavy (non-hydrogen) atoms. The molecular formula is C14H21FN2O4S. The molecule has 0 saturated heterocycles. The van der Waals surface area contributed by atoms with Crippen molar-refractivity contribution in [2.45, 2.75) is 13.0 Å². The van der Waals surface area contributed by atoms with E-state index < -0.39 is 21.7 Å². The molecule has 0 aliphatic rings. The molecular weight excluding hydrogens is 311 g/mol. The molecule has 0 heterocycles. The molecule has 0 aliphatic heterocycles. The number of benzene rings is 1. The molecule has 0 saturated carbocycles. The Kier molecular flexibility index (Phi) is 7.43. The number of nitrogens with zero attached hydrogens (tertiary/aromatic N) is 1. The normalized spacial score (nSPS) is 11.6. The van der Waals surface area contributed by atoms with Gasteiger partial charge in [-0.15, -0.1) is 0 Å². The molecule has 124 valence electrons. The van der Waals surface area contributed by atoms with Gasteiger partial charge in [-0.1, -0.05) is 18.2 Å². The van der Waals surface area contributed by atoms with Crippen LogP contribution in [0.3, 0.4) is 0 Å². The van der Waals surface area contributed by atoms with Crippen molar-refractivity contribution in [1.29, 1.82) is 0 Å². The minimum Gasteiger partial charge on any atom is -0.385 e. The highest BCUT2D eigenvalue weighted by atomic mass is 32.2. The van der Waals surface area contributed by atoms with E-state index in [0.717, 1.165) is 10.6 Å². The standard InChI is InChI=1S/C14H21FN2O4S/c1-21-9-5-8-16-14(18)11-17(22(2,19)20)10-12-6-3-4-7-13(12)15/h3-4,6-7H,5,8-11H2,1-2H3,(H,16,18). The van der Waals surface area contributed by atoms with Gasteiger partial charge in [-0.3, -0.25) is 4.79 Å². The highest BCUT2D eigenvalue weighted by Crippen LogP contribution is 2.12. The van der Waals surface area contributed by atoms with Gasteiger partial charge < -0.3 is 10.1 Å². The first-order chi connectivity index (χ1) is 10.3. The Morgan fingerprint density at radius 1 is 1.36 bits per heavy atom. The molecule has 0 aromatic heterocycles. The predicted octanol–water partition coefficient (Wildman–Crippen LogP) is 0.740. The molecule has 0 aliphatic carbocycles. The number of methoxy groups -OCH3 is 1. The Hall–Kier alpha value is -1.51. The van der Waals surface area contributed by atoms with Gasteiger partial charge in [0.2, 0.25) is 15.9 Å². The van der Waals surface area contributed by atoms with Gasteiger partial charge in [-0.2, -0.15) is 4.31 Å². The minimum atomic E-state index is -3.63. The van der Waals surface area contributed by atoms with Crippen LogP contribution in [0, 0.1) is 5.82 Å². The maximum Gasteiger partial charge on any atom is 0.235 e. The molecule has 0 unspecified atom stereocenters. The third-order valence-electron chi connectivity index (χ3n) is 2.94. The lowest BCUT2D eigenvalue weighted by atomic mass is 10.2. The van der Waals surface area contributed by atoms with Crippen LogP contribution in [-0.4, -0.2) is 51.7 Å². The Labute approximate surface area is 130 Å². The average Bonchev–Trinajstić information content (AvgIpc) is 2.44. The van der Waals surface area contributed by atoms with E-state index in [9.17, 15) is 17.6 Å². The molecule has 0 spiro atoms. The van der Waals surface area contributed by atoms with Gasteiger partial charge >= 0.3 is 0 Å². The average molecular weight is 332 g/mol. The maximum absolute atomic E-state index is 13.6. The van der Waals surface area contributed by atoms with Gasteiger partial charge in [0.1, 0.15) is 5.82 Å². The first kappa shape index (κ1) is 18.5. The van der Waals surface area contributed by atoms with Crippen LogP contribution in [0.1, 0.15) is 12.0 Å². The molecule has 1 aromatic carbocycles. The van der Waals surface area contributed by atoms with Crippen molar-refractivity contribution in [3.05, 3.63) is 35.6 Å². The minimum absolute atomic E-state index is 0.184. The van der Waals surface area contributed by atoms with Crippen LogP contribution in [0.2, 0.25) is 0 Å². The SMILES string of the molecule is COCCCNC(=O)CN(Cc1ccccc1F)S(C)(=O)=O. The van der Waals surface area contributed by atoms with Gasteiger partial charge in [-0.05, 0) is 12.5 Å². The molecule has 8 heteroatoms. The largest absolute Gasteiger partial charge is 0.385 e. The summed E-state index contributed by atoms with van der Waals surface area (Å²) in [6.07, 6.45) is 1.63. The van der Waals surface area contributed by atoms with Gasteiger partial charge in [-0.25, -0.2) is 12.8 Å². The van der Waals surface area contributed by atoms with Gasteiger partial charge in [0.15, 0.2) is 0 Å². The van der Waals surface area contributed by atoms with E-state index in [1.807, 2.05) is 0 Å². The Balaban J connectivity index is 2.66. The number of ether oxygens (including phenoxy) is 1. The topological polar surface area (TPSA) is 75.7 Å². The van der Waals surface area contributed by atoms with Crippen molar-refractivity contribution in [1.82, 2.24) is 9.62 Å². The first-order valence-corrected chi connectivity index (χ1v) is 8.63. The molecule has 0 radical (unpaired) electrons. The monoisotopic (exact) mass is 332 g/mol. The van der Waals surface area contributed by atoms with Crippen molar-refractivity contribution in [2.75, 3.05) is 33.1 Å². The summed E-state index contributed by atoms with van der Waals surface area (Å²) in [5, 5.41) is 2.60. The molecule has 0 atom stereocenters. The molecule has 0 fully saturated rings. The van der Waals surface area contributed by atoms with Crippen molar-refractivity contribution < 1.29 is 22.3 Å². The smallest absolute Gasteiger partial charge is 0.235 e. The summed E-state index contributed by atoms with van der Waals surface area (Å²) in [5.74, 6) is -0.936. The van der Waals surface area contributed by atoms with Crippen LogP contribution >= 0.6 is 0 Å². The van der Waals surface area contributed by atoms with Crippen molar-refractivity contribution in [3.63, 3.8) is 0 Å². The van der Waals surface area contributed by atoms with Gasteiger partial charge in [0.25, 0.3) is 0 Å². The van der Waals surface area contributed by atoms with E-state index >= 15 is 0 Å². The van der Waals surface area contributed by atoms with E-state index in [0.29, 0.717) is 19.6 Å². The lowest BCUT2D eigenvalue weighted by Gasteiger charge is -2.19. The maximum atomic E-state index is 13.6. The van der Waals surface area contributed by atoms with Crippen molar-refractivity contribution in [2.24, 2.45) is 0 Å². The van der Waals surface area contributed by atoms with Crippen LogP contribution in [-0.2, 0) is 26.1 Å². The van der Waals surface area contributed by atoms with Crippen LogP contribution in [0.5, 0.6) is 0 Å². The van der Waals surface area contributed by atoms with E-state index in [4.69, 9.17) is 4.74 Å². The molecule has 6 nitrogen and oxygen atoms in total. The second-order valence-corrected chi connectivity index (χ2v) is 6.80. The van der Waals surface area contributed by atoms with Crippen LogP contribution < -0.4 is 5.32 Å². The van der Waals surface area contributed by atoms with Crippen molar-refractivity contribution in [3.8, 4) is 0 Å². The predicted molar refractivity (Wildman–Crippen MR) is 81.2 cm³/mol. The van der Waals surface area contributed by atoms with Crippen LogP contribution in [0.25, 0.3) is 0 Å². The molecule has 1 amide bonds. The second kappa shape index (κ2) is 8.82. The Bertz CT molecular complexity index is 592. The number of amides is 1. The number of hydrogen-bond donors (Lipinski definition) is 1. The number of carbonyl (C=O) groups is 1. The fourth-order valence-electron chi connectivity index (χ4n) is 1.77. The number of hydrogen-bond acceptors (Lipinski definition) is 4. The molecule has 1 N–H and O–H groups in total. The summed E-state index contributed by atoms with van der Waals surface area (Å²) in [6, 6.07) is 5.88. The summed E-state index contributed by atoms with van der Waals surface area (Å²) in [6.45, 7) is 0.367. The number of rotatable bonds is 9. The van der Waals surface area contributed by atoms with Gasteiger partial charge in [0, 0.05) is 32.4 Å². The second-order valence-electron chi connectivity index (χ2n) is 4.82. The van der Waals surface area contributed by atoms with Crippen LogP contribution in [0.4, 0.5) is 4.39 Å². The Morgan fingerprint density at radius 2 is 2.05 bits per heavy atom. The van der Waals surface area contributed by atoms with Gasteiger partial charge in [0.05, 0.1) is 12.8 Å². The number of nitrogens with one attached hydrogen (secondary N) is 1. The summed E-state index contributed by atoms with van der Waals surface area (Å²) in [7, 11) is -2.07. The zero-order valence-corrected chi connectivity index (χ0v) is 13.5. The first-order valence-electron chi connectivity index (χ1n) is 6.78. The van der Waals surface area contributed by atoms with E-state index in [-0.39, 0.29) is 18.7 Å². The summed E-state index contributed by atoms with van der Waals surface area (Å²) in [4.78, 5) is 11.8. The fourth-order valence-corrected chi connectivity index (χ4v) is 2.49. The highest BCUT2D eigenvalue weighted by molar-refractivity contribution is 7.88. The molecule has 1 rings (SSSR count). The quantitative estimate of drug-likeness (QED) is 0.677. The van der Waals surface area contributed by atoms with E-state index in [2.05, 4.69) is 5.32 Å². The zero-order chi connectivity index (χ0) is 16.6. The lowest BCUT2D eigenvalue weighted by Crippen LogP contribution is -2.40. The zero-order valence-electron chi connectivity index (χ0n) is 12.7. The van der Waals surface area contributed by atoms with Crippen LogP contribution in [0.15, 0.2) is 24.3 Å². The summed E-state index contributed by atoms with van der Waals surface area (Å²) >= 11 is 0. The van der Waals surface area contributed by atoms with E-state index in [1.165, 1.54) is 18.2 Å².